The summed E-state index contributed by atoms with van der Waals surface area (Å²) in [5.74, 6) is 1.94. The maximum absolute atomic E-state index is 12.5. The van der Waals surface area contributed by atoms with Crippen molar-refractivity contribution in [2.24, 2.45) is 5.92 Å². The molecule has 0 atom stereocenters. The van der Waals surface area contributed by atoms with E-state index in [1.807, 2.05) is 26.0 Å². The average molecular weight is 331 g/mol. The molecule has 0 saturated carbocycles. The van der Waals surface area contributed by atoms with E-state index in [1.165, 1.54) is 0 Å². The van der Waals surface area contributed by atoms with Gasteiger partial charge in [0.05, 0.1) is 13.2 Å². The second-order valence-corrected chi connectivity index (χ2v) is 6.28. The average Bonchev–Trinajstić information content (AvgIpc) is 2.51. The lowest BCUT2D eigenvalue weighted by Gasteiger charge is -2.15. The highest BCUT2D eigenvalue weighted by Crippen LogP contribution is 2.31. The van der Waals surface area contributed by atoms with E-state index in [2.05, 4.69) is 24.1 Å². The van der Waals surface area contributed by atoms with Gasteiger partial charge in [-0.3, -0.25) is 4.79 Å². The van der Waals surface area contributed by atoms with Crippen molar-refractivity contribution >= 4 is 11.5 Å². The molecule has 1 N–H and O–H groups in total. The van der Waals surface area contributed by atoms with Crippen LogP contribution in [0.4, 0.5) is 11.5 Å². The highest BCUT2D eigenvalue weighted by Gasteiger charge is 2.10. The fourth-order valence-electron chi connectivity index (χ4n) is 2.30. The van der Waals surface area contributed by atoms with Gasteiger partial charge in [0, 0.05) is 30.7 Å². The number of hydrogen-bond acceptors (Lipinski definition) is 5. The molecule has 0 fully saturated rings. The molecule has 0 spiro atoms. The molecule has 1 heterocycles. The van der Waals surface area contributed by atoms with Gasteiger partial charge in [-0.15, -0.1) is 0 Å². The molecule has 130 valence electrons. The summed E-state index contributed by atoms with van der Waals surface area (Å²) in [5.41, 5.74) is 0.572. The summed E-state index contributed by atoms with van der Waals surface area (Å²) in [7, 11) is 1.59. The minimum Gasteiger partial charge on any atom is -0.493 e. The van der Waals surface area contributed by atoms with Crippen LogP contribution < -0.4 is 20.3 Å². The fraction of sp³-hybridized carbons (Fsp3) is 0.444. The molecule has 0 bridgehead atoms. The Morgan fingerprint density at radius 2 is 1.96 bits per heavy atom. The second-order valence-electron chi connectivity index (χ2n) is 6.28. The molecule has 0 aliphatic rings. The first-order valence-electron chi connectivity index (χ1n) is 8.08. The first kappa shape index (κ1) is 17.8. The van der Waals surface area contributed by atoms with Crippen LogP contribution in [0, 0.1) is 5.92 Å². The summed E-state index contributed by atoms with van der Waals surface area (Å²) in [5, 5.41) is 3.06. The molecule has 0 amide bonds. The predicted molar refractivity (Wildman–Crippen MR) is 95.4 cm³/mol. The number of aromatic nitrogens is 2. The van der Waals surface area contributed by atoms with E-state index in [4.69, 9.17) is 9.47 Å². The number of ether oxygens (including phenoxy) is 2. The maximum atomic E-state index is 12.5. The molecule has 1 aromatic carbocycles. The first-order valence-corrected chi connectivity index (χ1v) is 8.08. The van der Waals surface area contributed by atoms with Crippen LogP contribution in [0.3, 0.4) is 0 Å². The van der Waals surface area contributed by atoms with E-state index in [9.17, 15) is 4.79 Å². The van der Waals surface area contributed by atoms with Crippen molar-refractivity contribution < 1.29 is 9.47 Å². The SMILES string of the molecule is COc1cc(Nc2nccn(CC(C)C)c2=O)ccc1OC(C)C. The number of methoxy groups -OCH3 is 1. The molecule has 24 heavy (non-hydrogen) atoms. The van der Waals surface area contributed by atoms with Gasteiger partial charge in [-0.25, -0.2) is 4.98 Å². The molecule has 2 rings (SSSR count). The third-order valence-electron chi connectivity index (χ3n) is 3.26. The molecule has 2 aromatic rings. The van der Waals surface area contributed by atoms with Crippen molar-refractivity contribution in [3.8, 4) is 11.5 Å². The normalized spacial score (nSPS) is 11.0. The largest absolute Gasteiger partial charge is 0.493 e. The number of hydrogen-bond donors (Lipinski definition) is 1. The standard InChI is InChI=1S/C18H25N3O3/c1-12(2)11-21-9-8-19-17(18(21)22)20-14-6-7-15(24-13(3)4)16(10-14)23-5/h6-10,12-13H,11H2,1-5H3,(H,19,20). The van der Waals surface area contributed by atoms with Crippen LogP contribution in [0.5, 0.6) is 11.5 Å². The van der Waals surface area contributed by atoms with Gasteiger partial charge in [-0.2, -0.15) is 0 Å². The number of anilines is 2. The smallest absolute Gasteiger partial charge is 0.293 e. The topological polar surface area (TPSA) is 65.4 Å². The lowest BCUT2D eigenvalue weighted by molar-refractivity contribution is 0.230. The number of benzene rings is 1. The Morgan fingerprint density at radius 3 is 2.58 bits per heavy atom. The van der Waals surface area contributed by atoms with Crippen LogP contribution in [-0.2, 0) is 6.54 Å². The van der Waals surface area contributed by atoms with E-state index >= 15 is 0 Å². The monoisotopic (exact) mass is 331 g/mol. The quantitative estimate of drug-likeness (QED) is 0.842. The van der Waals surface area contributed by atoms with Crippen LogP contribution in [-0.4, -0.2) is 22.8 Å². The van der Waals surface area contributed by atoms with E-state index in [0.29, 0.717) is 24.0 Å². The number of rotatable bonds is 7. The highest BCUT2D eigenvalue weighted by molar-refractivity contribution is 5.60. The molecule has 0 aliphatic heterocycles. The summed E-state index contributed by atoms with van der Waals surface area (Å²) in [6, 6.07) is 5.44. The second kappa shape index (κ2) is 7.86. The van der Waals surface area contributed by atoms with Crippen LogP contribution in [0.15, 0.2) is 35.4 Å². The third kappa shape index (κ3) is 4.50. The van der Waals surface area contributed by atoms with Crippen LogP contribution in [0.25, 0.3) is 0 Å². The minimum atomic E-state index is -0.146. The van der Waals surface area contributed by atoms with Gasteiger partial charge < -0.3 is 19.4 Å². The maximum Gasteiger partial charge on any atom is 0.293 e. The van der Waals surface area contributed by atoms with Gasteiger partial charge in [0.15, 0.2) is 17.3 Å². The Bertz CT molecular complexity index is 739. The molecule has 0 unspecified atom stereocenters. The van der Waals surface area contributed by atoms with Crippen molar-refractivity contribution in [2.75, 3.05) is 12.4 Å². The van der Waals surface area contributed by atoms with Gasteiger partial charge in [-0.05, 0) is 31.9 Å². The molecule has 0 aliphatic carbocycles. The Balaban J connectivity index is 2.27. The Labute approximate surface area is 142 Å². The van der Waals surface area contributed by atoms with Gasteiger partial charge in [0.2, 0.25) is 0 Å². The Morgan fingerprint density at radius 1 is 1.21 bits per heavy atom. The lowest BCUT2D eigenvalue weighted by atomic mass is 10.2. The predicted octanol–water partition coefficient (Wildman–Crippen LogP) is 3.44. The van der Waals surface area contributed by atoms with Crippen molar-refractivity contribution in [3.05, 3.63) is 40.9 Å². The lowest BCUT2D eigenvalue weighted by Crippen LogP contribution is -2.25. The van der Waals surface area contributed by atoms with Crippen molar-refractivity contribution in [1.29, 1.82) is 0 Å². The molecule has 6 nitrogen and oxygen atoms in total. The van der Waals surface area contributed by atoms with E-state index in [1.54, 1.807) is 30.1 Å². The molecular formula is C18H25N3O3. The van der Waals surface area contributed by atoms with Gasteiger partial charge in [-0.1, -0.05) is 13.8 Å². The molecule has 6 heteroatoms. The van der Waals surface area contributed by atoms with Crippen molar-refractivity contribution in [3.63, 3.8) is 0 Å². The fourth-order valence-corrected chi connectivity index (χ4v) is 2.30. The highest BCUT2D eigenvalue weighted by atomic mass is 16.5. The van der Waals surface area contributed by atoms with E-state index in [0.717, 1.165) is 5.69 Å². The summed E-state index contributed by atoms with van der Waals surface area (Å²) in [6.45, 7) is 8.70. The zero-order chi connectivity index (χ0) is 17.7. The summed E-state index contributed by atoms with van der Waals surface area (Å²) in [6.07, 6.45) is 3.38. The zero-order valence-electron chi connectivity index (χ0n) is 14.9. The Hall–Kier alpha value is -2.50. The van der Waals surface area contributed by atoms with Gasteiger partial charge >= 0.3 is 0 Å². The van der Waals surface area contributed by atoms with Gasteiger partial charge in [0.1, 0.15) is 0 Å². The summed E-state index contributed by atoms with van der Waals surface area (Å²) < 4.78 is 12.7. The number of nitrogens with one attached hydrogen (secondary N) is 1. The third-order valence-corrected chi connectivity index (χ3v) is 3.26. The van der Waals surface area contributed by atoms with Crippen molar-refractivity contribution in [2.45, 2.75) is 40.3 Å². The van der Waals surface area contributed by atoms with E-state index in [-0.39, 0.29) is 17.5 Å². The molecular weight excluding hydrogens is 306 g/mol. The Kier molecular flexibility index (Phi) is 5.84. The van der Waals surface area contributed by atoms with E-state index < -0.39 is 0 Å². The number of nitrogens with zero attached hydrogens (tertiary/aromatic N) is 2. The molecule has 1 aromatic heterocycles. The van der Waals surface area contributed by atoms with Crippen LogP contribution in [0.2, 0.25) is 0 Å². The summed E-state index contributed by atoms with van der Waals surface area (Å²) >= 11 is 0. The van der Waals surface area contributed by atoms with Crippen LogP contribution >= 0.6 is 0 Å². The molecule has 0 saturated heterocycles. The van der Waals surface area contributed by atoms with Gasteiger partial charge in [0.25, 0.3) is 5.56 Å². The van der Waals surface area contributed by atoms with Crippen LogP contribution in [0.1, 0.15) is 27.7 Å². The summed E-state index contributed by atoms with van der Waals surface area (Å²) in [4.78, 5) is 16.6. The van der Waals surface area contributed by atoms with Crippen molar-refractivity contribution in [1.82, 2.24) is 9.55 Å². The minimum absolute atomic E-state index is 0.0525. The zero-order valence-corrected chi connectivity index (χ0v) is 14.9. The molecule has 0 radical (unpaired) electrons. The first-order chi connectivity index (χ1) is 11.4.